The molecular formula is C100H80Ir2N4Si2-4. The second-order valence-electron chi connectivity index (χ2n) is 29.1. The molecule has 2 radical (unpaired) electrons. The predicted octanol–water partition coefficient (Wildman–Crippen LogP) is 25.5. The molecule has 4 aromatic heterocycles. The van der Waals surface area contributed by atoms with E-state index in [1.807, 2.05) is 98.8 Å². The average molecular weight is 1780 g/mol. The van der Waals surface area contributed by atoms with Crippen LogP contribution in [0.5, 0.6) is 0 Å². The van der Waals surface area contributed by atoms with Crippen molar-refractivity contribution in [3.8, 4) is 89.5 Å². The zero-order chi connectivity index (χ0) is 72.7. The van der Waals surface area contributed by atoms with Crippen LogP contribution in [0, 0.1) is 38.1 Å². The Hall–Kier alpha value is -11.0. The standard InChI is InChI=1S/2C38H30NSi.2C12H10N.2Ir/c1-40(2,3)31-18-21-38(39-25-31)30-17-20-35-34-19-16-29(23-36(34)32-14-7-8-15-33(32)37(35)24-30)28-13-9-12-27(22-28)26-10-5-4-6-11-26;1-40(2,3)31-19-22-38(39-25-31)30-18-21-35-34-20-17-29(23-36(34)32-11-7-8-12-33(32)37(35)24-30)28-15-13-27(14-16-28)26-9-5-4-6-10-26;2*1-10-6-5-9-12(13-10)11-7-3-2-4-8-11;;/h4-16,18-25H,1-3H3;4-17,19-25H,1-3H3;2*2-7,9H,1H3;;/q4*-1;;. The SMILES string of the molecule is C[Si](C)(C)c1ccc(-c2[c-]cc3c4ccc(-c5ccc(-c6ccccc6)cc5)cc4c4ccccc4c3c2)nc1.C[Si](C)(C)c1ccc(-c2[c-]cc3c4ccc(-c5cccc(-c6ccccc6)c5)cc4c4ccccc4c3c2)nc1.Cc1cccc(-c2[c-]cccc2)n1.Cc1cccc(-c2[c-]cccc2)n1.[Ir].[Ir]. The van der Waals surface area contributed by atoms with Gasteiger partial charge >= 0.3 is 0 Å². The Morgan fingerprint density at radius 2 is 0.556 bits per heavy atom. The monoisotopic (exact) mass is 1780 g/mol. The Balaban J connectivity index is 0.000000141. The second-order valence-corrected chi connectivity index (χ2v) is 39.3. The summed E-state index contributed by atoms with van der Waals surface area (Å²) < 4.78 is 0. The van der Waals surface area contributed by atoms with Crippen molar-refractivity contribution < 1.29 is 40.2 Å². The molecule has 4 heterocycles. The van der Waals surface area contributed by atoms with Gasteiger partial charge in [0.25, 0.3) is 0 Å². The fourth-order valence-corrected chi connectivity index (χ4v) is 16.0. The van der Waals surface area contributed by atoms with Gasteiger partial charge in [-0.2, -0.15) is 0 Å². The Bertz CT molecular complexity index is 6030. The Labute approximate surface area is 664 Å². The van der Waals surface area contributed by atoms with Gasteiger partial charge in [-0.3, -0.25) is 0 Å². The molecule has 0 saturated carbocycles. The fraction of sp³-hybridized carbons (Fsp3) is 0.0800. The van der Waals surface area contributed by atoms with Crippen LogP contribution in [0.1, 0.15) is 11.4 Å². The first-order valence-corrected chi connectivity index (χ1v) is 43.3. The van der Waals surface area contributed by atoms with Gasteiger partial charge in [0, 0.05) is 64.0 Å². The van der Waals surface area contributed by atoms with Crippen LogP contribution >= 0.6 is 0 Å². The minimum atomic E-state index is -1.39. The number of hydrogen-bond donors (Lipinski definition) is 0. The third-order valence-corrected chi connectivity index (χ3v) is 23.8. The van der Waals surface area contributed by atoms with E-state index in [-0.39, 0.29) is 40.2 Å². The minimum Gasteiger partial charge on any atom is -0.305 e. The number of aromatic nitrogens is 4. The maximum atomic E-state index is 4.84. The molecule has 14 aromatic carbocycles. The van der Waals surface area contributed by atoms with Gasteiger partial charge in [0.1, 0.15) is 0 Å². The number of hydrogen-bond acceptors (Lipinski definition) is 4. The van der Waals surface area contributed by atoms with E-state index in [1.54, 1.807) is 0 Å². The Morgan fingerprint density at radius 3 is 0.944 bits per heavy atom. The van der Waals surface area contributed by atoms with Crippen molar-refractivity contribution >= 4 is 91.2 Å². The molecule has 18 rings (SSSR count). The first kappa shape index (κ1) is 75.2. The maximum absolute atomic E-state index is 4.84. The summed E-state index contributed by atoms with van der Waals surface area (Å²) in [7, 11) is -2.78. The summed E-state index contributed by atoms with van der Waals surface area (Å²) in [5.74, 6) is 0. The van der Waals surface area contributed by atoms with Gasteiger partial charge in [-0.05, 0) is 154 Å². The molecule has 0 saturated heterocycles. The molecule has 18 aromatic rings. The third kappa shape index (κ3) is 16.9. The smallest absolute Gasteiger partial charge is 0.0795 e. The molecule has 0 unspecified atom stereocenters. The van der Waals surface area contributed by atoms with Crippen LogP contribution in [0.3, 0.4) is 0 Å². The van der Waals surface area contributed by atoms with E-state index in [9.17, 15) is 0 Å². The quantitative estimate of drug-likeness (QED) is 0.0778. The summed E-state index contributed by atoms with van der Waals surface area (Å²) in [5.41, 5.74) is 20.0. The molecule has 0 aliphatic rings. The van der Waals surface area contributed by atoms with Gasteiger partial charge in [0.15, 0.2) is 0 Å². The van der Waals surface area contributed by atoms with Crippen LogP contribution < -0.4 is 10.4 Å². The molecule has 0 spiro atoms. The second kappa shape index (κ2) is 33.4. The summed E-state index contributed by atoms with van der Waals surface area (Å²) >= 11 is 0. The molecule has 0 N–H and O–H groups in total. The summed E-state index contributed by atoms with van der Waals surface area (Å²) in [6.45, 7) is 18.1. The van der Waals surface area contributed by atoms with E-state index in [4.69, 9.17) is 9.97 Å². The van der Waals surface area contributed by atoms with E-state index in [1.165, 1.54) is 120 Å². The van der Waals surface area contributed by atoms with Crippen molar-refractivity contribution in [2.45, 2.75) is 53.1 Å². The molecule has 8 heteroatoms. The van der Waals surface area contributed by atoms with E-state index >= 15 is 0 Å². The van der Waals surface area contributed by atoms with Crippen molar-refractivity contribution in [3.63, 3.8) is 0 Å². The van der Waals surface area contributed by atoms with Gasteiger partial charge in [0.05, 0.1) is 16.1 Å². The van der Waals surface area contributed by atoms with Crippen molar-refractivity contribution in [3.05, 3.63) is 376 Å². The normalized spacial score (nSPS) is 11.2. The Kier molecular flexibility index (Phi) is 23.3. The number of fused-ring (bicyclic) bond motifs is 12. The van der Waals surface area contributed by atoms with Gasteiger partial charge in [0.2, 0.25) is 0 Å². The first-order valence-electron chi connectivity index (χ1n) is 36.3. The molecule has 0 amide bonds. The van der Waals surface area contributed by atoms with Gasteiger partial charge < -0.3 is 19.9 Å². The van der Waals surface area contributed by atoms with Crippen LogP contribution in [0.25, 0.3) is 154 Å². The van der Waals surface area contributed by atoms with E-state index in [2.05, 4.69) is 329 Å². The van der Waals surface area contributed by atoms with Crippen molar-refractivity contribution in [1.82, 2.24) is 19.9 Å². The first-order chi connectivity index (χ1) is 51.6. The average Bonchev–Trinajstić information content (AvgIpc) is 0.743. The molecule has 0 atom stereocenters. The van der Waals surface area contributed by atoms with Gasteiger partial charge in [-0.25, -0.2) is 0 Å². The van der Waals surface area contributed by atoms with Crippen molar-refractivity contribution in [2.75, 3.05) is 0 Å². The largest absolute Gasteiger partial charge is 0.305 e. The number of aryl methyl sites for hydroxylation is 2. The van der Waals surface area contributed by atoms with Crippen LogP contribution in [-0.4, -0.2) is 36.1 Å². The van der Waals surface area contributed by atoms with Crippen LogP contribution in [-0.2, 0) is 40.2 Å². The maximum Gasteiger partial charge on any atom is 0.0795 e. The fourth-order valence-electron chi connectivity index (χ4n) is 13.9. The third-order valence-electron chi connectivity index (χ3n) is 19.7. The summed E-state index contributed by atoms with van der Waals surface area (Å²) in [6.07, 6.45) is 4.12. The van der Waals surface area contributed by atoms with Crippen LogP contribution in [0.4, 0.5) is 0 Å². The molecule has 0 aliphatic heterocycles. The number of pyridine rings is 4. The van der Waals surface area contributed by atoms with E-state index < -0.39 is 16.1 Å². The van der Waals surface area contributed by atoms with Crippen LogP contribution in [0.2, 0.25) is 39.3 Å². The number of benzene rings is 14. The molecule has 0 fully saturated rings. The summed E-state index contributed by atoms with van der Waals surface area (Å²) in [4.78, 5) is 18.5. The topological polar surface area (TPSA) is 51.6 Å². The van der Waals surface area contributed by atoms with E-state index in [0.29, 0.717) is 0 Å². The zero-order valence-electron chi connectivity index (χ0n) is 61.8. The molecular weight excluding hydrogens is 1700 g/mol. The molecule has 4 nitrogen and oxygen atoms in total. The molecule has 108 heavy (non-hydrogen) atoms. The number of rotatable bonds is 10. The van der Waals surface area contributed by atoms with Crippen molar-refractivity contribution in [1.29, 1.82) is 0 Å². The van der Waals surface area contributed by atoms with Crippen LogP contribution in [0.15, 0.2) is 340 Å². The minimum absolute atomic E-state index is 0. The summed E-state index contributed by atoms with van der Waals surface area (Å²) in [6, 6.07) is 129. The van der Waals surface area contributed by atoms with Gasteiger partial charge in [-0.1, -0.05) is 296 Å². The van der Waals surface area contributed by atoms with Gasteiger partial charge in [-0.15, -0.1) is 119 Å². The summed E-state index contributed by atoms with van der Waals surface area (Å²) in [5, 5.41) is 17.8. The Morgan fingerprint density at radius 1 is 0.231 bits per heavy atom. The van der Waals surface area contributed by atoms with E-state index in [0.717, 1.165) is 56.4 Å². The molecule has 530 valence electrons. The zero-order valence-corrected chi connectivity index (χ0v) is 68.6. The predicted molar refractivity (Wildman–Crippen MR) is 456 cm³/mol. The molecule has 0 bridgehead atoms. The number of nitrogens with zero attached hydrogens (tertiary/aromatic N) is 4. The molecule has 0 aliphatic carbocycles. The van der Waals surface area contributed by atoms with Crippen molar-refractivity contribution in [2.24, 2.45) is 0 Å².